The molecule has 0 saturated carbocycles. The third-order valence-electron chi connectivity index (χ3n) is 3.54. The van der Waals surface area contributed by atoms with E-state index in [0.29, 0.717) is 12.8 Å². The Labute approximate surface area is 151 Å². The summed E-state index contributed by atoms with van der Waals surface area (Å²) in [6, 6.07) is -0.846. The van der Waals surface area contributed by atoms with Gasteiger partial charge in [0.25, 0.3) is 0 Å². The number of carbonyl (C=O) groups excluding carboxylic acids is 2. The van der Waals surface area contributed by atoms with Crippen LogP contribution in [0.4, 0.5) is 0 Å². The van der Waals surface area contributed by atoms with Crippen molar-refractivity contribution in [3.63, 3.8) is 0 Å². The Kier molecular flexibility index (Phi) is 18.0. The number of unbranched alkanes of at least 4 members (excludes halogenated alkanes) is 8. The van der Waals surface area contributed by atoms with Crippen LogP contribution in [0.15, 0.2) is 0 Å². The molecule has 0 aliphatic heterocycles. The number of nitrogens with one attached hydrogen (secondary N) is 1. The van der Waals surface area contributed by atoms with Crippen LogP contribution in [-0.4, -0.2) is 17.9 Å². The molecule has 0 fully saturated rings. The van der Waals surface area contributed by atoms with E-state index in [1.54, 1.807) is 6.92 Å². The molecule has 0 aliphatic rings. The molecule has 0 rings (SSSR count). The fourth-order valence-corrected chi connectivity index (χ4v) is 2.19. The summed E-state index contributed by atoms with van der Waals surface area (Å²) in [6.07, 6.45) is 11.6. The maximum atomic E-state index is 11.5. The second kappa shape index (κ2) is 16.3. The summed E-state index contributed by atoms with van der Waals surface area (Å²) in [7, 11) is 0. The van der Waals surface area contributed by atoms with Gasteiger partial charge < -0.3 is 15.2 Å². The van der Waals surface area contributed by atoms with E-state index >= 15 is 0 Å². The standard InChI is InChI=1S/C16H31NO3.Na/c1-3-5-6-7-8-9-10-11-12-13-15(18)17-14(4-2)16(19)20;/h14H,3-13H2,1-2H3,(H,17,18)(H,19,20);/q;+1/p-1. The first-order chi connectivity index (χ1) is 9.61. The fourth-order valence-electron chi connectivity index (χ4n) is 2.19. The van der Waals surface area contributed by atoms with Gasteiger partial charge in [0, 0.05) is 6.42 Å². The summed E-state index contributed by atoms with van der Waals surface area (Å²) in [4.78, 5) is 22.2. The van der Waals surface area contributed by atoms with Crippen LogP contribution in [0.2, 0.25) is 0 Å². The van der Waals surface area contributed by atoms with E-state index in [1.165, 1.54) is 38.5 Å². The molecule has 0 aliphatic carbocycles. The summed E-state index contributed by atoms with van der Waals surface area (Å²) in [6.45, 7) is 3.94. The van der Waals surface area contributed by atoms with Gasteiger partial charge in [0.2, 0.25) is 5.91 Å². The first-order valence-electron chi connectivity index (χ1n) is 8.12. The molecule has 1 N–H and O–H groups in total. The van der Waals surface area contributed by atoms with Crippen molar-refractivity contribution in [3.05, 3.63) is 0 Å². The predicted octanol–water partition coefficient (Wildman–Crippen LogP) is -0.444. The number of amides is 1. The average Bonchev–Trinajstić information content (AvgIpc) is 2.42. The molecule has 0 aromatic carbocycles. The van der Waals surface area contributed by atoms with Crippen LogP contribution >= 0.6 is 0 Å². The monoisotopic (exact) mass is 307 g/mol. The van der Waals surface area contributed by atoms with E-state index in [-0.39, 0.29) is 35.5 Å². The van der Waals surface area contributed by atoms with Gasteiger partial charge >= 0.3 is 29.6 Å². The van der Waals surface area contributed by atoms with Crippen LogP contribution in [0.5, 0.6) is 0 Å². The summed E-state index contributed by atoms with van der Waals surface area (Å²) >= 11 is 0. The van der Waals surface area contributed by atoms with Crippen LogP contribution in [-0.2, 0) is 9.59 Å². The van der Waals surface area contributed by atoms with Gasteiger partial charge in [-0.2, -0.15) is 0 Å². The molecule has 118 valence electrons. The van der Waals surface area contributed by atoms with E-state index in [9.17, 15) is 14.7 Å². The van der Waals surface area contributed by atoms with E-state index in [0.717, 1.165) is 19.3 Å². The van der Waals surface area contributed by atoms with Gasteiger partial charge in [0.05, 0.1) is 12.0 Å². The number of aliphatic carboxylic acids is 1. The van der Waals surface area contributed by atoms with Crippen molar-refractivity contribution in [1.29, 1.82) is 0 Å². The molecule has 0 bridgehead atoms. The Morgan fingerprint density at radius 3 is 1.81 bits per heavy atom. The molecule has 1 amide bonds. The molecule has 0 radical (unpaired) electrons. The van der Waals surface area contributed by atoms with Crippen LogP contribution in [0, 0.1) is 0 Å². The molecule has 5 heteroatoms. The number of carboxylic acid groups (broad SMARTS) is 1. The minimum absolute atomic E-state index is 0. The van der Waals surface area contributed by atoms with Crippen molar-refractivity contribution in [1.82, 2.24) is 5.32 Å². The molecule has 4 nitrogen and oxygen atoms in total. The number of hydrogen-bond donors (Lipinski definition) is 1. The number of carbonyl (C=O) groups is 2. The Morgan fingerprint density at radius 2 is 1.38 bits per heavy atom. The van der Waals surface area contributed by atoms with Gasteiger partial charge in [-0.05, 0) is 12.8 Å². The largest absolute Gasteiger partial charge is 1.00 e. The second-order valence-corrected chi connectivity index (χ2v) is 5.43. The van der Waals surface area contributed by atoms with Gasteiger partial charge in [-0.3, -0.25) is 4.79 Å². The molecule has 1 atom stereocenters. The minimum atomic E-state index is -1.20. The fraction of sp³-hybridized carbons (Fsp3) is 0.875. The maximum Gasteiger partial charge on any atom is 1.00 e. The normalized spacial score (nSPS) is 11.5. The Hall–Kier alpha value is -0.0600. The van der Waals surface area contributed by atoms with Gasteiger partial charge in [-0.1, -0.05) is 65.2 Å². The quantitative estimate of drug-likeness (QED) is 0.370. The van der Waals surface area contributed by atoms with Crippen molar-refractivity contribution in [2.24, 2.45) is 0 Å². The van der Waals surface area contributed by atoms with Crippen LogP contribution in [0.1, 0.15) is 84.5 Å². The molecular formula is C16H30NNaO3. The molecule has 21 heavy (non-hydrogen) atoms. The third kappa shape index (κ3) is 14.6. The van der Waals surface area contributed by atoms with Crippen LogP contribution in [0.25, 0.3) is 0 Å². The van der Waals surface area contributed by atoms with E-state index in [1.807, 2.05) is 0 Å². The first-order valence-corrected chi connectivity index (χ1v) is 8.12. The van der Waals surface area contributed by atoms with Crippen molar-refractivity contribution in [3.8, 4) is 0 Å². The average molecular weight is 307 g/mol. The molecule has 1 unspecified atom stereocenters. The summed E-state index contributed by atoms with van der Waals surface area (Å²) in [5.74, 6) is -1.38. The van der Waals surface area contributed by atoms with Gasteiger partial charge in [0.15, 0.2) is 0 Å². The molecular weight excluding hydrogens is 277 g/mol. The summed E-state index contributed by atoms with van der Waals surface area (Å²) < 4.78 is 0. The summed E-state index contributed by atoms with van der Waals surface area (Å²) in [5, 5.41) is 13.2. The predicted molar refractivity (Wildman–Crippen MR) is 79.1 cm³/mol. The van der Waals surface area contributed by atoms with Crippen molar-refractivity contribution >= 4 is 11.9 Å². The van der Waals surface area contributed by atoms with Crippen molar-refractivity contribution < 1.29 is 44.3 Å². The smallest absolute Gasteiger partial charge is 0.548 e. The summed E-state index contributed by atoms with van der Waals surface area (Å²) in [5.41, 5.74) is 0. The van der Waals surface area contributed by atoms with Crippen molar-refractivity contribution in [2.45, 2.75) is 90.5 Å². The molecule has 0 aromatic heterocycles. The van der Waals surface area contributed by atoms with Gasteiger partial charge in [-0.15, -0.1) is 0 Å². The Morgan fingerprint density at radius 1 is 0.905 bits per heavy atom. The van der Waals surface area contributed by atoms with Gasteiger partial charge in [0.1, 0.15) is 0 Å². The maximum absolute atomic E-state index is 11.5. The van der Waals surface area contributed by atoms with Gasteiger partial charge in [-0.25, -0.2) is 0 Å². The number of carboxylic acids is 1. The number of hydrogen-bond acceptors (Lipinski definition) is 3. The Bertz CT molecular complexity index is 272. The SMILES string of the molecule is CCCCCCCCCCCC(=O)NC(CC)C(=O)[O-].[Na+]. The molecule has 0 heterocycles. The molecule has 0 aromatic rings. The van der Waals surface area contributed by atoms with Crippen molar-refractivity contribution in [2.75, 3.05) is 0 Å². The van der Waals surface area contributed by atoms with E-state index < -0.39 is 12.0 Å². The molecule has 0 spiro atoms. The Balaban J connectivity index is 0. The zero-order chi connectivity index (χ0) is 15.2. The molecule has 0 saturated heterocycles. The topological polar surface area (TPSA) is 69.2 Å². The van der Waals surface area contributed by atoms with Crippen LogP contribution in [0.3, 0.4) is 0 Å². The zero-order valence-electron chi connectivity index (χ0n) is 14.1. The van der Waals surface area contributed by atoms with Crippen LogP contribution < -0.4 is 40.0 Å². The van der Waals surface area contributed by atoms with E-state index in [2.05, 4.69) is 12.2 Å². The van der Waals surface area contributed by atoms with E-state index in [4.69, 9.17) is 0 Å². The zero-order valence-corrected chi connectivity index (χ0v) is 16.1. The third-order valence-corrected chi connectivity index (χ3v) is 3.54. The second-order valence-electron chi connectivity index (χ2n) is 5.43. The number of rotatable bonds is 13. The first kappa shape index (κ1) is 23.2. The minimum Gasteiger partial charge on any atom is -0.548 e.